The fourth-order valence-electron chi connectivity index (χ4n) is 1.11. The first-order chi connectivity index (χ1) is 7.41. The molecule has 0 aliphatic rings. The maximum atomic E-state index is 12.0. The van der Waals surface area contributed by atoms with Crippen LogP contribution in [0, 0.1) is 0 Å². The molecule has 0 spiro atoms. The number of amides is 1. The first-order valence-corrected chi connectivity index (χ1v) is 7.60. The normalized spacial score (nSPS) is 12.6. The number of nitrogens with zero attached hydrogens (tertiary/aromatic N) is 1. The summed E-state index contributed by atoms with van der Waals surface area (Å²) in [5, 5.41) is 0.0945. The van der Waals surface area contributed by atoms with Crippen LogP contribution in [0.25, 0.3) is 0 Å². The lowest BCUT2D eigenvalue weighted by Crippen LogP contribution is -2.28. The van der Waals surface area contributed by atoms with E-state index in [0.717, 1.165) is 19.6 Å². The highest BCUT2D eigenvalue weighted by Crippen LogP contribution is 2.32. The van der Waals surface area contributed by atoms with Crippen LogP contribution in [0.5, 0.6) is 0 Å². The fraction of sp³-hybridized carbons (Fsp3) is 0.500. The minimum Gasteiger partial charge on any atom is -0.341 e. The quantitative estimate of drug-likeness (QED) is 0.701. The molecule has 1 unspecified atom stereocenters. The van der Waals surface area contributed by atoms with Gasteiger partial charge in [-0.1, -0.05) is 0 Å². The second kappa shape index (κ2) is 6.38. The van der Waals surface area contributed by atoms with E-state index < -0.39 is 0 Å². The number of hydrogen-bond donors (Lipinski definition) is 0. The first-order valence-electron chi connectivity index (χ1n) is 4.76. The Hall–Kier alpha value is 0.420. The summed E-state index contributed by atoms with van der Waals surface area (Å²) in [5.74, 6) is 0.0358. The van der Waals surface area contributed by atoms with Crippen molar-refractivity contribution in [1.82, 2.24) is 4.90 Å². The van der Waals surface area contributed by atoms with Crippen LogP contribution < -0.4 is 0 Å². The molecule has 0 aliphatic carbocycles. The monoisotopic (exact) mass is 387 g/mol. The van der Waals surface area contributed by atoms with Crippen molar-refractivity contribution >= 4 is 60.7 Å². The molecule has 0 N–H and O–H groups in total. The molecule has 1 aromatic rings. The Kier molecular flexibility index (Phi) is 5.77. The number of hydrogen-bond acceptors (Lipinski definition) is 2. The first kappa shape index (κ1) is 14.5. The predicted octanol–water partition coefficient (Wildman–Crippen LogP) is 4.36. The van der Waals surface area contributed by atoms with Gasteiger partial charge in [0.25, 0.3) is 5.91 Å². The van der Waals surface area contributed by atoms with Crippen LogP contribution in [0.3, 0.4) is 0 Å². The van der Waals surface area contributed by atoms with Gasteiger partial charge in [0, 0.05) is 23.4 Å². The van der Waals surface area contributed by atoms with E-state index in [1.807, 2.05) is 13.0 Å². The lowest BCUT2D eigenvalue weighted by molar-refractivity contribution is 0.0798. The van der Waals surface area contributed by atoms with Crippen LogP contribution in [0.15, 0.2) is 14.3 Å². The van der Waals surface area contributed by atoms with Crippen LogP contribution >= 0.6 is 54.8 Å². The summed E-state index contributed by atoms with van der Waals surface area (Å²) in [5.41, 5.74) is 0. The van der Waals surface area contributed by atoms with Crippen molar-refractivity contribution in [2.45, 2.75) is 18.7 Å². The highest BCUT2D eigenvalue weighted by molar-refractivity contribution is 9.13. The molecule has 0 saturated heterocycles. The zero-order chi connectivity index (χ0) is 12.3. The van der Waals surface area contributed by atoms with E-state index >= 15 is 0 Å². The maximum absolute atomic E-state index is 12.0. The smallest absolute Gasteiger partial charge is 0.263 e. The standard InChI is InChI=1S/C10H12Br2ClNOS/c1-6(13)3-4-14(2)10(15)8-5-7(11)9(12)16-8/h5-6H,3-4H2,1-2H3. The molecule has 1 heterocycles. The third-order valence-electron chi connectivity index (χ3n) is 2.06. The van der Waals surface area contributed by atoms with Crippen molar-refractivity contribution in [1.29, 1.82) is 0 Å². The van der Waals surface area contributed by atoms with Crippen molar-refractivity contribution in [2.75, 3.05) is 13.6 Å². The zero-order valence-electron chi connectivity index (χ0n) is 8.97. The van der Waals surface area contributed by atoms with Gasteiger partial charge in [0.2, 0.25) is 0 Å². The Morgan fingerprint density at radius 1 is 1.62 bits per heavy atom. The highest BCUT2D eigenvalue weighted by Gasteiger charge is 2.16. The molecular formula is C10H12Br2ClNOS. The Morgan fingerprint density at radius 2 is 2.25 bits per heavy atom. The van der Waals surface area contributed by atoms with Crippen molar-refractivity contribution in [3.8, 4) is 0 Å². The van der Waals surface area contributed by atoms with Gasteiger partial charge in [-0.15, -0.1) is 22.9 Å². The summed E-state index contributed by atoms with van der Waals surface area (Å²) < 4.78 is 1.86. The average Bonchev–Trinajstić information content (AvgIpc) is 2.54. The summed E-state index contributed by atoms with van der Waals surface area (Å²) in [4.78, 5) is 14.4. The van der Waals surface area contributed by atoms with Gasteiger partial charge in [0.05, 0.1) is 8.66 Å². The Bertz CT molecular complexity index is 361. The van der Waals surface area contributed by atoms with E-state index in [1.165, 1.54) is 11.3 Å². The van der Waals surface area contributed by atoms with Crippen LogP contribution in [-0.4, -0.2) is 29.8 Å². The molecule has 0 aromatic carbocycles. The SMILES string of the molecule is CC(Cl)CCN(C)C(=O)c1cc(Br)c(Br)s1. The molecule has 90 valence electrons. The van der Waals surface area contributed by atoms with Crippen molar-refractivity contribution < 1.29 is 4.79 Å². The summed E-state index contributed by atoms with van der Waals surface area (Å²) in [6, 6.07) is 1.83. The van der Waals surface area contributed by atoms with E-state index in [0.29, 0.717) is 6.54 Å². The average molecular weight is 390 g/mol. The van der Waals surface area contributed by atoms with Crippen LogP contribution in [0.1, 0.15) is 23.0 Å². The number of alkyl halides is 1. The summed E-state index contributed by atoms with van der Waals surface area (Å²) in [6.45, 7) is 2.61. The van der Waals surface area contributed by atoms with E-state index in [9.17, 15) is 4.79 Å². The summed E-state index contributed by atoms with van der Waals surface area (Å²) >= 11 is 14.0. The second-order valence-corrected chi connectivity index (χ2v) is 7.50. The van der Waals surface area contributed by atoms with Gasteiger partial charge >= 0.3 is 0 Å². The molecule has 1 rings (SSSR count). The molecule has 0 saturated carbocycles. The van der Waals surface area contributed by atoms with Gasteiger partial charge < -0.3 is 4.90 Å². The lowest BCUT2D eigenvalue weighted by Gasteiger charge is -2.16. The molecule has 0 bridgehead atoms. The summed E-state index contributed by atoms with van der Waals surface area (Å²) in [7, 11) is 1.79. The Labute approximate surface area is 121 Å². The highest BCUT2D eigenvalue weighted by atomic mass is 79.9. The lowest BCUT2D eigenvalue weighted by atomic mass is 10.3. The van der Waals surface area contributed by atoms with E-state index in [4.69, 9.17) is 11.6 Å². The van der Waals surface area contributed by atoms with Gasteiger partial charge in [-0.3, -0.25) is 4.79 Å². The van der Waals surface area contributed by atoms with E-state index in [-0.39, 0.29) is 11.3 Å². The molecule has 2 nitrogen and oxygen atoms in total. The molecule has 0 fully saturated rings. The second-order valence-electron chi connectivity index (χ2n) is 3.53. The van der Waals surface area contributed by atoms with Gasteiger partial charge in [-0.25, -0.2) is 0 Å². The number of rotatable bonds is 4. The topological polar surface area (TPSA) is 20.3 Å². The van der Waals surface area contributed by atoms with Crippen molar-refractivity contribution in [2.24, 2.45) is 0 Å². The molecule has 6 heteroatoms. The number of carbonyl (C=O) groups excluding carboxylic acids is 1. The minimum atomic E-state index is 0.0358. The van der Waals surface area contributed by atoms with Crippen LogP contribution in [0.2, 0.25) is 0 Å². The maximum Gasteiger partial charge on any atom is 0.263 e. The van der Waals surface area contributed by atoms with Crippen LogP contribution in [0.4, 0.5) is 0 Å². The molecule has 1 aromatic heterocycles. The number of carbonyl (C=O) groups is 1. The Balaban J connectivity index is 2.63. The minimum absolute atomic E-state index is 0.0358. The third kappa shape index (κ3) is 4.02. The van der Waals surface area contributed by atoms with Gasteiger partial charge in [0.1, 0.15) is 0 Å². The van der Waals surface area contributed by atoms with Crippen LogP contribution in [-0.2, 0) is 0 Å². The molecule has 0 aliphatic heterocycles. The fourth-order valence-corrected chi connectivity index (χ4v) is 3.24. The number of halogens is 3. The van der Waals surface area contributed by atoms with Crippen molar-refractivity contribution in [3.63, 3.8) is 0 Å². The van der Waals surface area contributed by atoms with Gasteiger partial charge in [-0.2, -0.15) is 0 Å². The van der Waals surface area contributed by atoms with Gasteiger partial charge in [-0.05, 0) is 51.3 Å². The molecular weight excluding hydrogens is 377 g/mol. The predicted molar refractivity (Wildman–Crippen MR) is 76.6 cm³/mol. The number of thiophene rings is 1. The van der Waals surface area contributed by atoms with Crippen molar-refractivity contribution in [3.05, 3.63) is 19.2 Å². The zero-order valence-corrected chi connectivity index (χ0v) is 13.7. The molecule has 1 amide bonds. The molecule has 0 radical (unpaired) electrons. The molecule has 1 atom stereocenters. The van der Waals surface area contributed by atoms with E-state index in [1.54, 1.807) is 11.9 Å². The third-order valence-corrected chi connectivity index (χ3v) is 5.53. The van der Waals surface area contributed by atoms with E-state index in [2.05, 4.69) is 31.9 Å². The Morgan fingerprint density at radius 3 is 2.69 bits per heavy atom. The largest absolute Gasteiger partial charge is 0.341 e. The summed E-state index contributed by atoms with van der Waals surface area (Å²) in [6.07, 6.45) is 0.803. The van der Waals surface area contributed by atoms with Gasteiger partial charge in [0.15, 0.2) is 0 Å². The molecule has 16 heavy (non-hydrogen) atoms.